The lowest BCUT2D eigenvalue weighted by Crippen LogP contribution is -2.42. The molecule has 1 aliphatic carbocycles. The number of hydrogen-bond acceptors (Lipinski definition) is 7. The number of aromatic amines is 1. The van der Waals surface area contributed by atoms with Gasteiger partial charge in [-0.25, -0.2) is 0 Å². The second-order valence-corrected chi connectivity index (χ2v) is 11.7. The van der Waals surface area contributed by atoms with Gasteiger partial charge in [0.1, 0.15) is 18.2 Å². The number of H-pyrrole nitrogens is 1. The standard InChI is InChI=1S/C32H38N8O3/c1-38(2)29(42)23-9-11-26-21(16-23)7-8-22-17-24(30(43)39(3)4)10-12-27(22)32(26,31-35-20-36-37-31)13-14-34-19-28(41)40-15-5-6-25(40)18-33/h9-12,16-17,20,25,34H,5-8,13-15,19H2,1-4H3,(H,35,36,37)/t25-/m0/s1. The molecule has 1 aromatic heterocycles. The van der Waals surface area contributed by atoms with E-state index in [1.165, 1.54) is 0 Å². The van der Waals surface area contributed by atoms with Gasteiger partial charge in [0.25, 0.3) is 11.8 Å². The van der Waals surface area contributed by atoms with E-state index in [0.717, 1.165) is 28.7 Å². The molecule has 0 bridgehead atoms. The minimum absolute atomic E-state index is 0.0774. The molecule has 2 aromatic carbocycles. The number of benzene rings is 2. The Morgan fingerprint density at radius 2 is 1.63 bits per heavy atom. The van der Waals surface area contributed by atoms with E-state index in [4.69, 9.17) is 0 Å². The summed E-state index contributed by atoms with van der Waals surface area (Å²) >= 11 is 0. The fourth-order valence-corrected chi connectivity index (χ4v) is 6.46. The molecular formula is C32H38N8O3. The zero-order valence-electron chi connectivity index (χ0n) is 25.2. The van der Waals surface area contributed by atoms with Gasteiger partial charge in [-0.1, -0.05) is 12.1 Å². The number of carbonyl (C=O) groups excluding carboxylic acids is 3. The van der Waals surface area contributed by atoms with Gasteiger partial charge in [-0.3, -0.25) is 14.4 Å². The first-order valence-corrected chi connectivity index (χ1v) is 14.6. The van der Waals surface area contributed by atoms with Crippen LogP contribution in [0.15, 0.2) is 42.7 Å². The third kappa shape index (κ3) is 5.62. The summed E-state index contributed by atoms with van der Waals surface area (Å²) in [6, 6.07) is 13.5. The molecule has 1 aliphatic heterocycles. The molecule has 11 heteroatoms. The summed E-state index contributed by atoms with van der Waals surface area (Å²) in [7, 11) is 6.94. The number of amides is 3. The third-order valence-electron chi connectivity index (χ3n) is 8.60. The first kappa shape index (κ1) is 29.9. The van der Waals surface area contributed by atoms with E-state index in [0.29, 0.717) is 55.7 Å². The lowest BCUT2D eigenvalue weighted by atomic mass is 9.69. The fourth-order valence-electron chi connectivity index (χ4n) is 6.46. The van der Waals surface area contributed by atoms with Crippen molar-refractivity contribution in [1.82, 2.24) is 35.2 Å². The van der Waals surface area contributed by atoms with Crippen LogP contribution in [0, 0.1) is 11.3 Å². The fraction of sp³-hybridized carbons (Fsp3) is 0.438. The summed E-state index contributed by atoms with van der Waals surface area (Å²) in [5.41, 5.74) is 4.45. The second kappa shape index (κ2) is 12.4. The highest BCUT2D eigenvalue weighted by atomic mass is 16.2. The lowest BCUT2D eigenvalue weighted by Gasteiger charge is -2.35. The van der Waals surface area contributed by atoms with Crippen molar-refractivity contribution < 1.29 is 14.4 Å². The number of hydrogen-bond donors (Lipinski definition) is 2. The van der Waals surface area contributed by atoms with Gasteiger partial charge < -0.3 is 25.0 Å². The second-order valence-electron chi connectivity index (χ2n) is 11.7. The van der Waals surface area contributed by atoms with Gasteiger partial charge in [0, 0.05) is 45.9 Å². The summed E-state index contributed by atoms with van der Waals surface area (Å²) in [4.78, 5) is 46.8. The Morgan fingerprint density at radius 3 is 2.14 bits per heavy atom. The Kier molecular flexibility index (Phi) is 8.59. The molecule has 5 rings (SSSR count). The van der Waals surface area contributed by atoms with E-state index in [-0.39, 0.29) is 30.3 Å². The molecule has 224 valence electrons. The molecule has 43 heavy (non-hydrogen) atoms. The monoisotopic (exact) mass is 582 g/mol. The Balaban J connectivity index is 1.57. The molecule has 2 heterocycles. The molecule has 0 saturated carbocycles. The van der Waals surface area contributed by atoms with Crippen molar-refractivity contribution in [2.24, 2.45) is 0 Å². The van der Waals surface area contributed by atoms with Gasteiger partial charge in [0.05, 0.1) is 18.0 Å². The highest BCUT2D eigenvalue weighted by molar-refractivity contribution is 5.95. The molecule has 0 radical (unpaired) electrons. The first-order valence-electron chi connectivity index (χ1n) is 14.6. The van der Waals surface area contributed by atoms with Crippen molar-refractivity contribution >= 4 is 17.7 Å². The molecule has 11 nitrogen and oxygen atoms in total. The van der Waals surface area contributed by atoms with Crippen LogP contribution in [-0.4, -0.2) is 101 Å². The van der Waals surface area contributed by atoms with Crippen LogP contribution in [0.5, 0.6) is 0 Å². The van der Waals surface area contributed by atoms with Gasteiger partial charge in [-0.15, -0.1) is 10.2 Å². The first-order chi connectivity index (χ1) is 20.7. The van der Waals surface area contributed by atoms with Crippen molar-refractivity contribution in [3.63, 3.8) is 0 Å². The largest absolute Gasteiger partial charge is 0.345 e. The highest BCUT2D eigenvalue weighted by Gasteiger charge is 2.43. The molecule has 0 spiro atoms. The zero-order chi connectivity index (χ0) is 30.7. The SMILES string of the molecule is CN(C)C(=O)c1ccc2c(c1)CCc1cc(C(=O)N(C)C)ccc1C2(CCNCC(=O)N1CCC[C@H]1C#N)c1nnc[nH]1. The maximum atomic E-state index is 13.0. The van der Waals surface area contributed by atoms with Crippen molar-refractivity contribution in [2.45, 2.75) is 43.6 Å². The third-order valence-corrected chi connectivity index (χ3v) is 8.60. The quantitative estimate of drug-likeness (QED) is 0.388. The van der Waals surface area contributed by atoms with E-state index in [1.54, 1.807) is 49.2 Å². The van der Waals surface area contributed by atoms with Crippen LogP contribution in [0.2, 0.25) is 0 Å². The average Bonchev–Trinajstić information content (AvgIpc) is 3.70. The molecule has 1 atom stereocenters. The smallest absolute Gasteiger partial charge is 0.253 e. The Bertz CT molecular complexity index is 1490. The van der Waals surface area contributed by atoms with E-state index in [1.807, 2.05) is 36.4 Å². The number of carbonyl (C=O) groups is 3. The topological polar surface area (TPSA) is 138 Å². The number of nitrogens with zero attached hydrogens (tertiary/aromatic N) is 6. The molecule has 3 aromatic rings. The summed E-state index contributed by atoms with van der Waals surface area (Å²) in [5, 5.41) is 21.4. The Morgan fingerprint density at radius 1 is 1.02 bits per heavy atom. The van der Waals surface area contributed by atoms with Crippen LogP contribution in [0.25, 0.3) is 0 Å². The number of nitriles is 1. The summed E-state index contributed by atoms with van der Waals surface area (Å²) in [6.07, 6.45) is 4.97. The minimum atomic E-state index is -0.796. The normalized spacial score (nSPS) is 16.9. The van der Waals surface area contributed by atoms with Crippen LogP contribution in [0.1, 0.15) is 68.1 Å². The number of rotatable bonds is 8. The number of likely N-dealkylation sites (tertiary alicyclic amines) is 1. The maximum absolute atomic E-state index is 13.0. The van der Waals surface area contributed by atoms with Crippen LogP contribution >= 0.6 is 0 Å². The molecule has 2 aliphatic rings. The van der Waals surface area contributed by atoms with Gasteiger partial charge in [0.15, 0.2) is 0 Å². The number of nitrogens with one attached hydrogen (secondary N) is 2. The predicted octanol–water partition coefficient (Wildman–Crippen LogP) is 2.14. The molecule has 3 amide bonds. The van der Waals surface area contributed by atoms with Crippen LogP contribution in [0.3, 0.4) is 0 Å². The molecule has 1 saturated heterocycles. The van der Waals surface area contributed by atoms with E-state index in [9.17, 15) is 19.6 Å². The summed E-state index contributed by atoms with van der Waals surface area (Å²) in [6.45, 7) is 1.19. The predicted molar refractivity (Wildman–Crippen MR) is 160 cm³/mol. The van der Waals surface area contributed by atoms with Crippen molar-refractivity contribution in [2.75, 3.05) is 47.8 Å². The molecule has 1 fully saturated rings. The van der Waals surface area contributed by atoms with Gasteiger partial charge in [-0.05, 0) is 85.2 Å². The molecule has 2 N–H and O–H groups in total. The molecular weight excluding hydrogens is 544 g/mol. The zero-order valence-corrected chi connectivity index (χ0v) is 25.2. The summed E-state index contributed by atoms with van der Waals surface area (Å²) in [5.74, 6) is 0.406. The van der Waals surface area contributed by atoms with Gasteiger partial charge in [0.2, 0.25) is 5.91 Å². The number of fused-ring (bicyclic) bond motifs is 2. The van der Waals surface area contributed by atoms with E-state index < -0.39 is 5.41 Å². The van der Waals surface area contributed by atoms with Crippen LogP contribution in [0.4, 0.5) is 0 Å². The average molecular weight is 583 g/mol. The number of aryl methyl sites for hydroxylation is 2. The number of aromatic nitrogens is 3. The van der Waals surface area contributed by atoms with E-state index >= 15 is 0 Å². The van der Waals surface area contributed by atoms with Crippen molar-refractivity contribution in [3.05, 3.63) is 81.9 Å². The summed E-state index contributed by atoms with van der Waals surface area (Å²) < 4.78 is 0. The van der Waals surface area contributed by atoms with Crippen LogP contribution < -0.4 is 5.32 Å². The molecule has 0 unspecified atom stereocenters. The lowest BCUT2D eigenvalue weighted by molar-refractivity contribution is -0.130. The van der Waals surface area contributed by atoms with E-state index in [2.05, 4.69) is 26.6 Å². The van der Waals surface area contributed by atoms with Gasteiger partial charge in [-0.2, -0.15) is 5.26 Å². The minimum Gasteiger partial charge on any atom is -0.345 e. The Labute approximate surface area is 251 Å². The van der Waals surface area contributed by atoms with Crippen molar-refractivity contribution in [3.8, 4) is 6.07 Å². The van der Waals surface area contributed by atoms with Gasteiger partial charge >= 0.3 is 0 Å². The maximum Gasteiger partial charge on any atom is 0.253 e. The van der Waals surface area contributed by atoms with Crippen molar-refractivity contribution in [1.29, 1.82) is 5.26 Å². The Hall–Kier alpha value is -4.56. The highest BCUT2D eigenvalue weighted by Crippen LogP contribution is 2.46. The van der Waals surface area contributed by atoms with Crippen LogP contribution in [-0.2, 0) is 23.1 Å².